The summed E-state index contributed by atoms with van der Waals surface area (Å²) in [4.78, 5) is 29.9. The number of primary amides is 1. The Balaban J connectivity index is 1.56. The minimum Gasteiger partial charge on any atom is -0.396 e. The highest BCUT2D eigenvalue weighted by Crippen LogP contribution is 2.44. The Morgan fingerprint density at radius 2 is 1.74 bits per heavy atom. The van der Waals surface area contributed by atoms with Gasteiger partial charge >= 0.3 is 6.18 Å². The van der Waals surface area contributed by atoms with Crippen LogP contribution in [0.1, 0.15) is 41.8 Å². The minimum atomic E-state index is -4.36. The van der Waals surface area contributed by atoms with Crippen molar-refractivity contribution in [3.63, 3.8) is 0 Å². The van der Waals surface area contributed by atoms with E-state index in [4.69, 9.17) is 34.0 Å². The second kappa shape index (κ2) is 14.7. The van der Waals surface area contributed by atoms with E-state index in [0.717, 1.165) is 45.1 Å². The van der Waals surface area contributed by atoms with Gasteiger partial charge in [-0.25, -0.2) is 0 Å². The number of unbranched alkanes of at least 4 members (excludes halogenated alkanes) is 1. The molecule has 4 rings (SSSR count). The van der Waals surface area contributed by atoms with E-state index >= 15 is 0 Å². The van der Waals surface area contributed by atoms with Gasteiger partial charge < -0.3 is 21.1 Å². The molecule has 232 valence electrons. The molecule has 0 bridgehead atoms. The molecule has 43 heavy (non-hydrogen) atoms. The lowest BCUT2D eigenvalue weighted by Crippen LogP contribution is -2.61. The third-order valence-electron chi connectivity index (χ3n) is 7.35. The molecule has 1 aromatic heterocycles. The Kier molecular flexibility index (Phi) is 11.5. The molecule has 0 spiro atoms. The summed E-state index contributed by atoms with van der Waals surface area (Å²) in [5, 5.41) is 12.6. The van der Waals surface area contributed by atoms with Crippen LogP contribution in [0.2, 0.25) is 10.0 Å². The Hall–Kier alpha value is -2.28. The summed E-state index contributed by atoms with van der Waals surface area (Å²) in [6, 6.07) is 15.0. The van der Waals surface area contributed by atoms with Crippen LogP contribution >= 0.6 is 46.3 Å². The summed E-state index contributed by atoms with van der Waals surface area (Å²) in [7, 11) is 0. The second-order valence-electron chi connectivity index (χ2n) is 10.3. The first-order valence-electron chi connectivity index (χ1n) is 13.8. The lowest BCUT2D eigenvalue weighted by atomic mass is 9.86. The minimum absolute atomic E-state index is 0.109. The van der Waals surface area contributed by atoms with E-state index in [2.05, 4.69) is 5.32 Å². The lowest BCUT2D eigenvalue weighted by molar-refractivity contribution is -0.137. The summed E-state index contributed by atoms with van der Waals surface area (Å²) in [5.74, 6) is -0.0743. The van der Waals surface area contributed by atoms with Crippen molar-refractivity contribution in [2.75, 3.05) is 32.0 Å². The van der Waals surface area contributed by atoms with Crippen LogP contribution in [-0.2, 0) is 4.79 Å². The molecule has 0 aliphatic carbocycles. The molecule has 0 unspecified atom stereocenters. The number of amides is 2. The smallest absolute Gasteiger partial charge is 0.390 e. The Morgan fingerprint density at radius 1 is 1.05 bits per heavy atom. The predicted octanol–water partition coefficient (Wildman–Crippen LogP) is 7.26. The zero-order chi connectivity index (χ0) is 31.2. The van der Waals surface area contributed by atoms with Gasteiger partial charge in [0.05, 0.1) is 16.3 Å². The van der Waals surface area contributed by atoms with Gasteiger partial charge in [0.25, 0.3) is 5.91 Å². The average molecular weight is 675 g/mol. The van der Waals surface area contributed by atoms with Crippen molar-refractivity contribution in [2.45, 2.75) is 48.7 Å². The number of halogens is 5. The van der Waals surface area contributed by atoms with Crippen LogP contribution in [0, 0.1) is 0 Å². The maximum absolute atomic E-state index is 13.7. The predicted molar refractivity (Wildman–Crippen MR) is 168 cm³/mol. The van der Waals surface area contributed by atoms with Crippen LogP contribution in [0.25, 0.3) is 21.6 Å². The molecule has 1 aliphatic heterocycles. The first-order chi connectivity index (χ1) is 20.4. The average Bonchev–Trinajstić information content (AvgIpc) is 3.40. The SMILES string of the molecule is NC(=O)C1(NCCC(F)(F)F)CCN(C(=O)c2cc(-c3ccc(SCCCCO)cc3)c(-c3ccc(Cl)cc3Cl)s2)CC1. The Morgan fingerprint density at radius 3 is 2.35 bits per heavy atom. The zero-order valence-corrected chi connectivity index (χ0v) is 26.3. The van der Waals surface area contributed by atoms with E-state index in [1.54, 1.807) is 28.8 Å². The zero-order valence-electron chi connectivity index (χ0n) is 23.2. The molecular weight excluding hydrogens is 642 g/mol. The number of hydrogen-bond donors (Lipinski definition) is 3. The summed E-state index contributed by atoms with van der Waals surface area (Å²) < 4.78 is 38.0. The van der Waals surface area contributed by atoms with Gasteiger partial charge in [0.2, 0.25) is 5.91 Å². The third-order valence-corrected chi connectivity index (χ3v) is 10.2. The van der Waals surface area contributed by atoms with Crippen LogP contribution in [0.4, 0.5) is 13.2 Å². The van der Waals surface area contributed by atoms with Gasteiger partial charge in [-0.05, 0) is 67.3 Å². The van der Waals surface area contributed by atoms with E-state index in [0.29, 0.717) is 14.9 Å². The summed E-state index contributed by atoms with van der Waals surface area (Å²) in [6.45, 7) is 0.0669. The summed E-state index contributed by atoms with van der Waals surface area (Å²) in [6.07, 6.45) is -3.55. The van der Waals surface area contributed by atoms with Crippen LogP contribution in [0.3, 0.4) is 0 Å². The van der Waals surface area contributed by atoms with E-state index in [9.17, 15) is 22.8 Å². The highest BCUT2D eigenvalue weighted by Gasteiger charge is 2.41. The van der Waals surface area contributed by atoms with Gasteiger partial charge in [0.15, 0.2) is 0 Å². The molecule has 4 N–H and O–H groups in total. The summed E-state index contributed by atoms with van der Waals surface area (Å²) >= 11 is 15.7. The summed E-state index contributed by atoms with van der Waals surface area (Å²) in [5.41, 5.74) is 6.75. The van der Waals surface area contributed by atoms with Crippen LogP contribution in [0.5, 0.6) is 0 Å². The highest BCUT2D eigenvalue weighted by molar-refractivity contribution is 7.99. The number of carbonyl (C=O) groups excluding carboxylic acids is 2. The number of thiophene rings is 1. The van der Waals surface area contributed by atoms with E-state index in [1.165, 1.54) is 11.3 Å². The van der Waals surface area contributed by atoms with Crippen LogP contribution in [-0.4, -0.2) is 65.5 Å². The molecule has 3 aromatic rings. The van der Waals surface area contributed by atoms with Gasteiger partial charge in [-0.3, -0.25) is 9.59 Å². The van der Waals surface area contributed by atoms with Gasteiger partial charge in [-0.15, -0.1) is 23.1 Å². The number of aliphatic hydroxyl groups is 1. The largest absolute Gasteiger partial charge is 0.396 e. The second-order valence-corrected chi connectivity index (χ2v) is 13.4. The van der Waals surface area contributed by atoms with Crippen molar-refractivity contribution in [1.29, 1.82) is 0 Å². The normalized spacial score (nSPS) is 15.1. The number of likely N-dealkylation sites (tertiary alicyclic amines) is 1. The lowest BCUT2D eigenvalue weighted by Gasteiger charge is -2.40. The number of piperidine rings is 1. The molecule has 0 atom stereocenters. The van der Waals surface area contributed by atoms with Gasteiger partial charge in [-0.1, -0.05) is 41.4 Å². The molecule has 13 heteroatoms. The molecule has 6 nitrogen and oxygen atoms in total. The number of carbonyl (C=O) groups is 2. The van der Waals surface area contributed by atoms with Gasteiger partial charge in [0.1, 0.15) is 5.54 Å². The number of rotatable bonds is 12. The third kappa shape index (κ3) is 8.67. The first-order valence-corrected chi connectivity index (χ1v) is 16.3. The molecule has 0 saturated carbocycles. The number of hydrogen-bond acceptors (Lipinski definition) is 6. The molecule has 1 saturated heterocycles. The monoisotopic (exact) mass is 673 g/mol. The van der Waals surface area contributed by atoms with Crippen molar-refractivity contribution in [1.82, 2.24) is 10.2 Å². The molecule has 1 fully saturated rings. The van der Waals surface area contributed by atoms with E-state index < -0.39 is 30.6 Å². The fourth-order valence-electron chi connectivity index (χ4n) is 4.92. The topological polar surface area (TPSA) is 95.7 Å². The molecule has 0 radical (unpaired) electrons. The Labute approximate surface area is 266 Å². The van der Waals surface area contributed by atoms with Crippen molar-refractivity contribution < 1.29 is 27.9 Å². The number of alkyl halides is 3. The highest BCUT2D eigenvalue weighted by atomic mass is 35.5. The molecule has 2 amide bonds. The van der Waals surface area contributed by atoms with E-state index in [1.807, 2.05) is 36.4 Å². The maximum atomic E-state index is 13.7. The molecular formula is C30H32Cl2F3N3O3S2. The number of nitrogens with zero attached hydrogens (tertiary/aromatic N) is 1. The Bertz CT molecular complexity index is 1430. The van der Waals surface area contributed by atoms with Crippen molar-refractivity contribution >= 4 is 58.1 Å². The number of aliphatic hydroxyl groups excluding tert-OH is 1. The first kappa shape index (κ1) is 33.6. The number of nitrogens with two attached hydrogens (primary N) is 1. The van der Waals surface area contributed by atoms with Gasteiger partial charge in [0, 0.05) is 52.2 Å². The fraction of sp³-hybridized carbons (Fsp3) is 0.400. The quantitative estimate of drug-likeness (QED) is 0.139. The van der Waals surface area contributed by atoms with Gasteiger partial charge in [-0.2, -0.15) is 13.2 Å². The van der Waals surface area contributed by atoms with Crippen molar-refractivity contribution in [3.8, 4) is 21.6 Å². The van der Waals surface area contributed by atoms with Crippen LogP contribution in [0.15, 0.2) is 53.4 Å². The van der Waals surface area contributed by atoms with Crippen molar-refractivity contribution in [3.05, 3.63) is 63.5 Å². The number of benzene rings is 2. The van der Waals surface area contributed by atoms with Crippen LogP contribution < -0.4 is 11.1 Å². The fourth-order valence-corrected chi connectivity index (χ4v) is 7.58. The molecule has 2 aromatic carbocycles. The molecule has 1 aliphatic rings. The maximum Gasteiger partial charge on any atom is 0.390 e. The van der Waals surface area contributed by atoms with E-state index in [-0.39, 0.29) is 38.4 Å². The molecule has 2 heterocycles. The number of thioether (sulfide) groups is 1. The standard InChI is InChI=1S/C30H32Cl2F3N3O3S2/c31-20-5-8-22(24(32)17-20)26-23(19-3-6-21(7-4-19)42-16-2-1-15-39)18-25(43-26)27(40)38-13-10-29(11-14-38,28(36)41)37-12-9-30(33,34)35/h3-8,17-18,37,39H,1-2,9-16H2,(H2,36,41). The van der Waals surface area contributed by atoms with Crippen molar-refractivity contribution in [2.24, 2.45) is 5.73 Å². The number of nitrogens with one attached hydrogen (secondary N) is 1.